The average Bonchev–Trinajstić information content (AvgIpc) is 2.94. The number of aliphatic hydroxyl groups excluding tert-OH is 1. The number of nitrogens with one attached hydrogen (secondary N) is 1. The van der Waals surface area contributed by atoms with Gasteiger partial charge in [0, 0.05) is 36.9 Å². The van der Waals surface area contributed by atoms with E-state index in [1.165, 1.54) is 6.20 Å². The maximum absolute atomic E-state index is 14.4. The molecule has 0 amide bonds. The van der Waals surface area contributed by atoms with Crippen molar-refractivity contribution in [1.82, 2.24) is 14.8 Å². The maximum atomic E-state index is 14.4. The van der Waals surface area contributed by atoms with Crippen molar-refractivity contribution in [3.63, 3.8) is 0 Å². The van der Waals surface area contributed by atoms with Crippen molar-refractivity contribution in [3.05, 3.63) is 53.2 Å². The van der Waals surface area contributed by atoms with Crippen LogP contribution in [0.4, 0.5) is 10.1 Å². The van der Waals surface area contributed by atoms with Crippen LogP contribution in [0.2, 0.25) is 5.02 Å². The topological polar surface area (TPSA) is 63.0 Å². The van der Waals surface area contributed by atoms with Crippen molar-refractivity contribution in [2.24, 2.45) is 7.05 Å². The first-order valence-corrected chi connectivity index (χ1v) is 7.07. The summed E-state index contributed by atoms with van der Waals surface area (Å²) in [6, 6.07) is 4.90. The number of aliphatic hydroxyl groups is 1. The maximum Gasteiger partial charge on any atom is 0.172 e. The van der Waals surface area contributed by atoms with Gasteiger partial charge >= 0.3 is 0 Å². The smallest absolute Gasteiger partial charge is 0.172 e. The fourth-order valence-electron chi connectivity index (χ4n) is 2.22. The van der Waals surface area contributed by atoms with E-state index in [1.54, 1.807) is 42.3 Å². The summed E-state index contributed by atoms with van der Waals surface area (Å²) in [7, 11) is 1.77. The van der Waals surface area contributed by atoms with E-state index in [-0.39, 0.29) is 17.7 Å². The molecule has 2 N–H and O–H groups in total. The number of halogens is 2. The van der Waals surface area contributed by atoms with Gasteiger partial charge in [0.25, 0.3) is 0 Å². The molecule has 22 heavy (non-hydrogen) atoms. The predicted molar refractivity (Wildman–Crippen MR) is 83.4 cm³/mol. The molecule has 3 rings (SSSR count). The van der Waals surface area contributed by atoms with Crippen LogP contribution in [-0.2, 0) is 7.05 Å². The number of hydrogen-bond donors (Lipinski definition) is 2. The lowest BCUT2D eigenvalue weighted by Gasteiger charge is -2.13. The van der Waals surface area contributed by atoms with Crippen molar-refractivity contribution < 1.29 is 9.50 Å². The van der Waals surface area contributed by atoms with Crippen LogP contribution < -0.4 is 5.32 Å². The van der Waals surface area contributed by atoms with E-state index in [4.69, 9.17) is 11.6 Å². The van der Waals surface area contributed by atoms with Gasteiger partial charge in [0.15, 0.2) is 5.82 Å². The third-order valence-corrected chi connectivity index (χ3v) is 3.72. The Morgan fingerprint density at radius 3 is 2.95 bits per heavy atom. The highest BCUT2D eigenvalue weighted by atomic mass is 35.5. The minimum Gasteiger partial charge on any atom is -0.386 e. The molecule has 5 nitrogen and oxygen atoms in total. The Morgan fingerprint density at radius 2 is 2.23 bits per heavy atom. The molecule has 0 fully saturated rings. The van der Waals surface area contributed by atoms with Crippen LogP contribution in [-0.4, -0.2) is 26.4 Å². The van der Waals surface area contributed by atoms with Gasteiger partial charge < -0.3 is 10.4 Å². The van der Waals surface area contributed by atoms with Crippen LogP contribution in [0.15, 0.2) is 36.8 Å². The lowest BCUT2D eigenvalue weighted by Crippen LogP contribution is -2.12. The summed E-state index contributed by atoms with van der Waals surface area (Å²) in [4.78, 5) is 4.02. The number of hydrogen-bond acceptors (Lipinski definition) is 4. The second-order valence-corrected chi connectivity index (χ2v) is 5.37. The first-order chi connectivity index (χ1) is 10.6. The molecular formula is C15H14ClFN4O. The van der Waals surface area contributed by atoms with Gasteiger partial charge in [-0.05, 0) is 18.2 Å². The first kappa shape index (κ1) is 14.7. The zero-order chi connectivity index (χ0) is 15.7. The standard InChI is InChI=1S/C15H14ClFN4O/c1-21-8-9(6-20-21)13(22)7-19-12-3-2-10-11(16)4-5-18-15(10)14(12)17/h2-6,8,13,19,22H,7H2,1H3. The Balaban J connectivity index is 1.81. The van der Waals surface area contributed by atoms with Crippen molar-refractivity contribution >= 4 is 28.2 Å². The molecule has 1 unspecified atom stereocenters. The minimum absolute atomic E-state index is 0.161. The summed E-state index contributed by atoms with van der Waals surface area (Å²) in [6.45, 7) is 0.161. The number of pyridine rings is 1. The van der Waals surface area contributed by atoms with Gasteiger partial charge in [-0.3, -0.25) is 9.67 Å². The molecule has 1 atom stereocenters. The van der Waals surface area contributed by atoms with E-state index in [9.17, 15) is 9.50 Å². The molecular weight excluding hydrogens is 307 g/mol. The fraction of sp³-hybridized carbons (Fsp3) is 0.200. The summed E-state index contributed by atoms with van der Waals surface area (Å²) in [5, 5.41) is 18.0. The SMILES string of the molecule is Cn1cc(C(O)CNc2ccc3c(Cl)ccnc3c2F)cn1. The molecule has 3 aromatic rings. The predicted octanol–water partition coefficient (Wildman–Crippen LogP) is 2.91. The summed E-state index contributed by atoms with van der Waals surface area (Å²) < 4.78 is 16.0. The second-order valence-electron chi connectivity index (χ2n) is 4.96. The Kier molecular flexibility index (Phi) is 3.96. The van der Waals surface area contributed by atoms with Crippen LogP contribution in [0.3, 0.4) is 0 Å². The van der Waals surface area contributed by atoms with Gasteiger partial charge in [-0.1, -0.05) is 11.6 Å². The molecule has 2 aromatic heterocycles. The van der Waals surface area contributed by atoms with Crippen LogP contribution in [0.1, 0.15) is 11.7 Å². The number of anilines is 1. The van der Waals surface area contributed by atoms with Crippen molar-refractivity contribution in [2.45, 2.75) is 6.10 Å². The van der Waals surface area contributed by atoms with E-state index in [0.29, 0.717) is 16.0 Å². The highest BCUT2D eigenvalue weighted by Gasteiger charge is 2.13. The zero-order valence-corrected chi connectivity index (χ0v) is 12.5. The molecule has 0 aliphatic heterocycles. The van der Waals surface area contributed by atoms with Gasteiger partial charge in [0.1, 0.15) is 5.52 Å². The van der Waals surface area contributed by atoms with Gasteiger partial charge in [-0.25, -0.2) is 4.39 Å². The van der Waals surface area contributed by atoms with Crippen LogP contribution in [0.5, 0.6) is 0 Å². The Labute approximate surface area is 131 Å². The zero-order valence-electron chi connectivity index (χ0n) is 11.8. The first-order valence-electron chi connectivity index (χ1n) is 6.69. The Morgan fingerprint density at radius 1 is 1.41 bits per heavy atom. The quantitative estimate of drug-likeness (QED) is 0.776. The average molecular weight is 321 g/mol. The van der Waals surface area contributed by atoms with E-state index >= 15 is 0 Å². The van der Waals surface area contributed by atoms with Gasteiger partial charge in [0.2, 0.25) is 0 Å². The summed E-state index contributed by atoms with van der Waals surface area (Å²) >= 11 is 6.01. The highest BCUT2D eigenvalue weighted by molar-refractivity contribution is 6.35. The van der Waals surface area contributed by atoms with Crippen molar-refractivity contribution in [1.29, 1.82) is 0 Å². The second kappa shape index (κ2) is 5.90. The summed E-state index contributed by atoms with van der Waals surface area (Å²) in [5.41, 5.74) is 1.14. The molecule has 0 spiro atoms. The number of rotatable bonds is 4. The lowest BCUT2D eigenvalue weighted by atomic mass is 10.1. The van der Waals surface area contributed by atoms with E-state index in [1.807, 2.05) is 0 Å². The largest absolute Gasteiger partial charge is 0.386 e. The molecule has 7 heteroatoms. The molecule has 0 radical (unpaired) electrons. The van der Waals surface area contributed by atoms with E-state index in [0.717, 1.165) is 0 Å². The fourth-order valence-corrected chi connectivity index (χ4v) is 2.43. The van der Waals surface area contributed by atoms with Gasteiger partial charge in [0.05, 0.1) is 23.0 Å². The number of fused-ring (bicyclic) bond motifs is 1. The Bertz CT molecular complexity index is 820. The van der Waals surface area contributed by atoms with Crippen molar-refractivity contribution in [2.75, 3.05) is 11.9 Å². The minimum atomic E-state index is -0.781. The third kappa shape index (κ3) is 2.75. The van der Waals surface area contributed by atoms with E-state index < -0.39 is 11.9 Å². The molecule has 0 aliphatic rings. The van der Waals surface area contributed by atoms with Crippen LogP contribution in [0.25, 0.3) is 10.9 Å². The molecule has 0 saturated heterocycles. The summed E-state index contributed by atoms with van der Waals surface area (Å²) in [5.74, 6) is -0.488. The Hall–Kier alpha value is -2.18. The normalized spacial score (nSPS) is 12.5. The third-order valence-electron chi connectivity index (χ3n) is 3.39. The van der Waals surface area contributed by atoms with Crippen LogP contribution >= 0.6 is 11.6 Å². The van der Waals surface area contributed by atoms with E-state index in [2.05, 4.69) is 15.4 Å². The summed E-state index contributed by atoms with van der Waals surface area (Å²) in [6.07, 6.45) is 3.97. The molecule has 1 aromatic carbocycles. The molecule has 0 saturated carbocycles. The highest BCUT2D eigenvalue weighted by Crippen LogP contribution is 2.28. The molecule has 0 bridgehead atoms. The number of benzene rings is 1. The number of aromatic nitrogens is 3. The van der Waals surface area contributed by atoms with Crippen molar-refractivity contribution in [3.8, 4) is 0 Å². The van der Waals surface area contributed by atoms with Gasteiger partial charge in [-0.15, -0.1) is 0 Å². The monoisotopic (exact) mass is 320 g/mol. The van der Waals surface area contributed by atoms with Gasteiger partial charge in [-0.2, -0.15) is 5.10 Å². The molecule has 2 heterocycles. The number of nitrogens with zero attached hydrogens (tertiary/aromatic N) is 3. The number of aryl methyl sites for hydroxylation is 1. The van der Waals surface area contributed by atoms with Crippen LogP contribution in [0, 0.1) is 5.82 Å². The molecule has 0 aliphatic carbocycles. The lowest BCUT2D eigenvalue weighted by molar-refractivity contribution is 0.191. The molecule has 114 valence electrons.